The average molecular weight is 408 g/mol. The van der Waals surface area contributed by atoms with E-state index in [1.165, 1.54) is 41.0 Å². The van der Waals surface area contributed by atoms with Gasteiger partial charge < -0.3 is 0 Å². The van der Waals surface area contributed by atoms with E-state index in [0.717, 1.165) is 17.8 Å². The number of thioether (sulfide) groups is 1. The topological polar surface area (TPSA) is 33.2 Å². The number of anilines is 2. The van der Waals surface area contributed by atoms with Gasteiger partial charge in [-0.15, -0.1) is 23.1 Å². The van der Waals surface area contributed by atoms with Gasteiger partial charge in [-0.05, 0) is 30.3 Å². The molecule has 0 aliphatic rings. The molecule has 0 bridgehead atoms. The van der Waals surface area contributed by atoms with E-state index in [2.05, 4.69) is 4.98 Å². The maximum Gasteiger partial charge on any atom is 0.416 e. The zero-order valence-electron chi connectivity index (χ0n) is 14.2. The number of hydrogen-bond donors (Lipinski definition) is 0. The van der Waals surface area contributed by atoms with Gasteiger partial charge >= 0.3 is 6.18 Å². The Bertz CT molecular complexity index is 926. The van der Waals surface area contributed by atoms with E-state index in [1.807, 2.05) is 35.7 Å². The Morgan fingerprint density at radius 2 is 1.89 bits per heavy atom. The first-order valence-corrected chi connectivity index (χ1v) is 9.81. The number of aromatic nitrogens is 1. The SMILES string of the molecule is CC(=O)N(c1ccccc1)c1nc(CSc2cccc(C(F)(F)F)c2)cs1. The van der Waals surface area contributed by atoms with Crippen molar-refractivity contribution in [2.75, 3.05) is 4.90 Å². The fourth-order valence-electron chi connectivity index (χ4n) is 2.39. The molecule has 0 aliphatic carbocycles. The normalized spacial score (nSPS) is 11.4. The number of alkyl halides is 3. The lowest BCUT2D eigenvalue weighted by Crippen LogP contribution is -2.22. The minimum absolute atomic E-state index is 0.160. The molecule has 0 aliphatic heterocycles. The molecule has 3 rings (SSSR count). The molecule has 0 saturated carbocycles. The number of para-hydroxylation sites is 1. The number of amides is 1. The van der Waals surface area contributed by atoms with Crippen molar-refractivity contribution in [2.45, 2.75) is 23.7 Å². The van der Waals surface area contributed by atoms with Crippen LogP contribution >= 0.6 is 23.1 Å². The third-order valence-corrected chi connectivity index (χ3v) is 5.51. The summed E-state index contributed by atoms with van der Waals surface area (Å²) in [5.74, 6) is 0.255. The number of nitrogens with zero attached hydrogens (tertiary/aromatic N) is 2. The molecular formula is C19H15F3N2OS2. The van der Waals surface area contributed by atoms with Crippen molar-refractivity contribution in [3.05, 3.63) is 71.2 Å². The van der Waals surface area contributed by atoms with Crippen LogP contribution in [0.25, 0.3) is 0 Å². The second kappa shape index (κ2) is 8.14. The quantitative estimate of drug-likeness (QED) is 0.476. The monoisotopic (exact) mass is 408 g/mol. The third-order valence-electron chi connectivity index (χ3n) is 3.61. The molecule has 0 unspecified atom stereocenters. The summed E-state index contributed by atoms with van der Waals surface area (Å²) in [7, 11) is 0. The van der Waals surface area contributed by atoms with Crippen LogP contribution in [0.1, 0.15) is 18.2 Å². The summed E-state index contributed by atoms with van der Waals surface area (Å²) < 4.78 is 38.4. The predicted octanol–water partition coefficient (Wildman–Crippen LogP) is 6.14. The van der Waals surface area contributed by atoms with E-state index in [0.29, 0.717) is 21.5 Å². The Morgan fingerprint density at radius 1 is 1.15 bits per heavy atom. The molecule has 1 heterocycles. The molecule has 27 heavy (non-hydrogen) atoms. The van der Waals surface area contributed by atoms with Crippen molar-refractivity contribution >= 4 is 39.8 Å². The standard InChI is InChI=1S/C19H15F3N2OS2/c1-13(25)24(16-7-3-2-4-8-16)18-23-15(12-27-18)11-26-17-9-5-6-14(10-17)19(20,21)22/h2-10,12H,11H2,1H3. The molecular weight excluding hydrogens is 393 g/mol. The Kier molecular flexibility index (Phi) is 5.86. The van der Waals surface area contributed by atoms with Crippen LogP contribution in [0.5, 0.6) is 0 Å². The van der Waals surface area contributed by atoms with Gasteiger partial charge in [-0.25, -0.2) is 4.98 Å². The first kappa shape index (κ1) is 19.4. The first-order valence-electron chi connectivity index (χ1n) is 7.95. The highest BCUT2D eigenvalue weighted by molar-refractivity contribution is 7.98. The van der Waals surface area contributed by atoms with Crippen molar-refractivity contribution in [3.63, 3.8) is 0 Å². The summed E-state index contributed by atoms with van der Waals surface area (Å²) in [5, 5.41) is 2.35. The van der Waals surface area contributed by atoms with Crippen LogP contribution in [0.15, 0.2) is 64.9 Å². The van der Waals surface area contributed by atoms with Crippen molar-refractivity contribution < 1.29 is 18.0 Å². The van der Waals surface area contributed by atoms with Crippen LogP contribution in [0.2, 0.25) is 0 Å². The van der Waals surface area contributed by atoms with Crippen LogP contribution in [0, 0.1) is 0 Å². The summed E-state index contributed by atoms with van der Waals surface area (Å²) in [5.41, 5.74) is 0.759. The van der Waals surface area contributed by atoms with Crippen molar-refractivity contribution in [2.24, 2.45) is 0 Å². The molecule has 1 amide bonds. The molecule has 8 heteroatoms. The van der Waals surface area contributed by atoms with Gasteiger partial charge in [0.15, 0.2) is 5.13 Å². The highest BCUT2D eigenvalue weighted by atomic mass is 32.2. The van der Waals surface area contributed by atoms with Crippen LogP contribution < -0.4 is 4.90 Å². The molecule has 0 spiro atoms. The number of carbonyl (C=O) groups excluding carboxylic acids is 1. The van der Waals surface area contributed by atoms with Crippen molar-refractivity contribution in [1.29, 1.82) is 0 Å². The van der Waals surface area contributed by atoms with E-state index in [-0.39, 0.29) is 5.91 Å². The predicted molar refractivity (Wildman–Crippen MR) is 102 cm³/mol. The van der Waals surface area contributed by atoms with Gasteiger partial charge in [-0.3, -0.25) is 9.69 Å². The molecule has 0 radical (unpaired) electrons. The van der Waals surface area contributed by atoms with Gasteiger partial charge in [-0.2, -0.15) is 13.2 Å². The highest BCUT2D eigenvalue weighted by Crippen LogP contribution is 2.34. The minimum Gasteiger partial charge on any atom is -0.274 e. The van der Waals surface area contributed by atoms with E-state index in [1.54, 1.807) is 6.07 Å². The molecule has 2 aromatic carbocycles. The van der Waals surface area contributed by atoms with Gasteiger partial charge in [0.1, 0.15) is 0 Å². The van der Waals surface area contributed by atoms with Crippen molar-refractivity contribution in [3.8, 4) is 0 Å². The second-order valence-electron chi connectivity index (χ2n) is 5.63. The molecule has 0 N–H and O–H groups in total. The number of hydrogen-bond acceptors (Lipinski definition) is 4. The summed E-state index contributed by atoms with van der Waals surface area (Å²) in [6.45, 7) is 1.46. The number of halogens is 3. The molecule has 0 saturated heterocycles. The molecule has 3 nitrogen and oxygen atoms in total. The molecule has 140 valence electrons. The number of thiazole rings is 1. The maximum atomic E-state index is 12.8. The molecule has 3 aromatic rings. The maximum absolute atomic E-state index is 12.8. The summed E-state index contributed by atoms with van der Waals surface area (Å²) in [4.78, 5) is 18.6. The van der Waals surface area contributed by atoms with E-state index >= 15 is 0 Å². The minimum atomic E-state index is -4.36. The number of benzene rings is 2. The van der Waals surface area contributed by atoms with Crippen LogP contribution in [0.4, 0.5) is 24.0 Å². The van der Waals surface area contributed by atoms with E-state index in [9.17, 15) is 18.0 Å². The van der Waals surface area contributed by atoms with Crippen LogP contribution in [-0.2, 0) is 16.7 Å². The molecule has 0 fully saturated rings. The highest BCUT2D eigenvalue weighted by Gasteiger charge is 2.30. The van der Waals surface area contributed by atoms with Crippen LogP contribution in [0.3, 0.4) is 0 Å². The number of carbonyl (C=O) groups is 1. The zero-order chi connectivity index (χ0) is 19.4. The smallest absolute Gasteiger partial charge is 0.274 e. The largest absolute Gasteiger partial charge is 0.416 e. The Balaban J connectivity index is 1.74. The van der Waals surface area contributed by atoms with Gasteiger partial charge in [0, 0.05) is 23.0 Å². The zero-order valence-corrected chi connectivity index (χ0v) is 15.9. The van der Waals surface area contributed by atoms with E-state index in [4.69, 9.17) is 0 Å². The van der Waals surface area contributed by atoms with Gasteiger partial charge in [0.05, 0.1) is 16.9 Å². The summed E-state index contributed by atoms with van der Waals surface area (Å²) in [6, 6.07) is 14.4. The lowest BCUT2D eigenvalue weighted by Gasteiger charge is -2.17. The van der Waals surface area contributed by atoms with Crippen LogP contribution in [-0.4, -0.2) is 10.9 Å². The molecule has 1 aromatic heterocycles. The summed E-state index contributed by atoms with van der Waals surface area (Å²) in [6.07, 6.45) is -4.36. The lowest BCUT2D eigenvalue weighted by molar-refractivity contribution is -0.137. The second-order valence-corrected chi connectivity index (χ2v) is 7.51. The van der Waals surface area contributed by atoms with Crippen molar-refractivity contribution in [1.82, 2.24) is 4.98 Å². The Labute approximate surface area is 162 Å². The van der Waals surface area contributed by atoms with Gasteiger partial charge in [0.25, 0.3) is 0 Å². The lowest BCUT2D eigenvalue weighted by atomic mass is 10.2. The Morgan fingerprint density at radius 3 is 2.56 bits per heavy atom. The summed E-state index contributed by atoms with van der Waals surface area (Å²) >= 11 is 2.60. The molecule has 0 atom stereocenters. The van der Waals surface area contributed by atoms with Gasteiger partial charge in [-0.1, -0.05) is 24.3 Å². The first-order chi connectivity index (χ1) is 12.8. The average Bonchev–Trinajstić information content (AvgIpc) is 3.09. The Hall–Kier alpha value is -2.32. The van der Waals surface area contributed by atoms with E-state index < -0.39 is 11.7 Å². The number of rotatable bonds is 5. The van der Waals surface area contributed by atoms with Gasteiger partial charge in [0.2, 0.25) is 5.91 Å². The third kappa shape index (κ3) is 4.90. The fraction of sp³-hybridized carbons (Fsp3) is 0.158. The fourth-order valence-corrected chi connectivity index (χ4v) is 4.23.